The van der Waals surface area contributed by atoms with Crippen molar-refractivity contribution in [1.29, 1.82) is 5.26 Å². The van der Waals surface area contributed by atoms with Crippen LogP contribution in [0.5, 0.6) is 0 Å². The minimum Gasteiger partial charge on any atom is -0.376 e. The maximum atomic E-state index is 11.7. The molecular formula is C16H14ClN3O. The number of halogens is 1. The molecule has 1 amide bonds. The Hall–Kier alpha value is -2.51. The van der Waals surface area contributed by atoms with Crippen molar-refractivity contribution in [1.82, 2.24) is 5.32 Å². The molecule has 0 saturated carbocycles. The van der Waals surface area contributed by atoms with Gasteiger partial charge in [0.25, 0.3) is 0 Å². The average Bonchev–Trinajstić information content (AvgIpc) is 2.53. The van der Waals surface area contributed by atoms with Gasteiger partial charge in [-0.15, -0.1) is 0 Å². The molecule has 0 radical (unpaired) electrons. The Labute approximate surface area is 128 Å². The summed E-state index contributed by atoms with van der Waals surface area (Å²) < 4.78 is 0. The van der Waals surface area contributed by atoms with Crippen LogP contribution in [0.25, 0.3) is 0 Å². The van der Waals surface area contributed by atoms with E-state index < -0.39 is 0 Å². The SMILES string of the molecule is N#Cc1ccc(NCC(=O)NCc2ccc(Cl)cc2)cc1. The number of nitrogens with one attached hydrogen (secondary N) is 2. The molecule has 21 heavy (non-hydrogen) atoms. The molecule has 2 N–H and O–H groups in total. The van der Waals surface area contributed by atoms with E-state index in [2.05, 4.69) is 10.6 Å². The first-order chi connectivity index (χ1) is 10.2. The molecule has 0 bridgehead atoms. The zero-order valence-corrected chi connectivity index (χ0v) is 12.0. The van der Waals surface area contributed by atoms with Gasteiger partial charge in [0.2, 0.25) is 5.91 Å². The third-order valence-corrected chi connectivity index (χ3v) is 3.12. The standard InChI is InChI=1S/C16H14ClN3O/c17-14-5-1-13(2-6-14)10-20-16(21)11-19-15-7-3-12(9-18)4-8-15/h1-8,19H,10-11H2,(H,20,21). The van der Waals surface area contributed by atoms with Gasteiger partial charge in [-0.3, -0.25) is 4.79 Å². The van der Waals surface area contributed by atoms with E-state index in [1.54, 1.807) is 36.4 Å². The summed E-state index contributed by atoms with van der Waals surface area (Å²) in [4.78, 5) is 11.7. The zero-order chi connectivity index (χ0) is 15.1. The van der Waals surface area contributed by atoms with Crippen molar-refractivity contribution in [2.24, 2.45) is 0 Å². The third-order valence-electron chi connectivity index (χ3n) is 2.87. The van der Waals surface area contributed by atoms with Gasteiger partial charge in [0.1, 0.15) is 0 Å². The van der Waals surface area contributed by atoms with Crippen LogP contribution in [0, 0.1) is 11.3 Å². The molecule has 0 aliphatic heterocycles. The number of amides is 1. The molecule has 0 aromatic heterocycles. The summed E-state index contributed by atoms with van der Waals surface area (Å²) in [6.45, 7) is 0.643. The molecule has 2 aromatic carbocycles. The Balaban J connectivity index is 1.76. The van der Waals surface area contributed by atoms with Crippen LogP contribution in [-0.2, 0) is 11.3 Å². The number of carbonyl (C=O) groups excluding carboxylic acids is 1. The van der Waals surface area contributed by atoms with E-state index in [4.69, 9.17) is 16.9 Å². The number of carbonyl (C=O) groups is 1. The van der Waals surface area contributed by atoms with Gasteiger partial charge in [-0.1, -0.05) is 23.7 Å². The lowest BCUT2D eigenvalue weighted by atomic mass is 10.2. The van der Waals surface area contributed by atoms with E-state index in [1.165, 1.54) is 0 Å². The smallest absolute Gasteiger partial charge is 0.239 e. The van der Waals surface area contributed by atoms with Crippen molar-refractivity contribution in [2.45, 2.75) is 6.54 Å². The molecule has 0 spiro atoms. The van der Waals surface area contributed by atoms with Gasteiger partial charge in [0.05, 0.1) is 18.2 Å². The summed E-state index contributed by atoms with van der Waals surface area (Å²) >= 11 is 5.80. The van der Waals surface area contributed by atoms with E-state index in [1.807, 2.05) is 18.2 Å². The first kappa shape index (κ1) is 14.9. The molecular weight excluding hydrogens is 286 g/mol. The van der Waals surface area contributed by atoms with Crippen LogP contribution in [0.15, 0.2) is 48.5 Å². The van der Waals surface area contributed by atoms with Gasteiger partial charge in [0.15, 0.2) is 0 Å². The number of nitriles is 1. The first-order valence-corrected chi connectivity index (χ1v) is 6.80. The second-order valence-corrected chi connectivity index (χ2v) is 4.88. The maximum absolute atomic E-state index is 11.7. The quantitative estimate of drug-likeness (QED) is 0.892. The topological polar surface area (TPSA) is 64.9 Å². The number of hydrogen-bond acceptors (Lipinski definition) is 3. The second kappa shape index (κ2) is 7.32. The van der Waals surface area contributed by atoms with Crippen LogP contribution in [-0.4, -0.2) is 12.5 Å². The number of hydrogen-bond donors (Lipinski definition) is 2. The van der Waals surface area contributed by atoms with E-state index in [0.29, 0.717) is 17.1 Å². The van der Waals surface area contributed by atoms with Crippen LogP contribution in [0.1, 0.15) is 11.1 Å². The predicted molar refractivity (Wildman–Crippen MR) is 82.9 cm³/mol. The minimum absolute atomic E-state index is 0.102. The molecule has 2 rings (SSSR count). The molecule has 0 unspecified atom stereocenters. The highest BCUT2D eigenvalue weighted by atomic mass is 35.5. The lowest BCUT2D eigenvalue weighted by molar-refractivity contribution is -0.119. The highest BCUT2D eigenvalue weighted by Gasteiger charge is 2.01. The Morgan fingerprint density at radius 1 is 1.10 bits per heavy atom. The second-order valence-electron chi connectivity index (χ2n) is 4.45. The maximum Gasteiger partial charge on any atom is 0.239 e. The molecule has 0 atom stereocenters. The first-order valence-electron chi connectivity index (χ1n) is 6.42. The van der Waals surface area contributed by atoms with Crippen LogP contribution in [0.3, 0.4) is 0 Å². The van der Waals surface area contributed by atoms with Crippen LogP contribution >= 0.6 is 11.6 Å². The summed E-state index contributed by atoms with van der Waals surface area (Å²) in [5.41, 5.74) is 2.38. The van der Waals surface area contributed by atoms with Gasteiger partial charge in [0, 0.05) is 17.3 Å². The third kappa shape index (κ3) is 4.83. The van der Waals surface area contributed by atoms with Crippen molar-refractivity contribution in [3.8, 4) is 6.07 Å². The van der Waals surface area contributed by atoms with Crippen molar-refractivity contribution in [3.63, 3.8) is 0 Å². The van der Waals surface area contributed by atoms with Crippen molar-refractivity contribution < 1.29 is 4.79 Å². The zero-order valence-electron chi connectivity index (χ0n) is 11.3. The van der Waals surface area contributed by atoms with E-state index >= 15 is 0 Å². The van der Waals surface area contributed by atoms with Crippen molar-refractivity contribution >= 4 is 23.2 Å². The predicted octanol–water partition coefficient (Wildman–Crippen LogP) is 2.94. The Morgan fingerprint density at radius 3 is 2.38 bits per heavy atom. The normalized spacial score (nSPS) is 9.71. The number of nitrogens with zero attached hydrogens (tertiary/aromatic N) is 1. The van der Waals surface area contributed by atoms with E-state index in [0.717, 1.165) is 11.3 Å². The molecule has 106 valence electrons. The Bertz CT molecular complexity index is 645. The summed E-state index contributed by atoms with van der Waals surface area (Å²) in [6, 6.07) is 16.3. The molecule has 0 aliphatic rings. The molecule has 0 saturated heterocycles. The summed E-state index contributed by atoms with van der Waals surface area (Å²) in [6.07, 6.45) is 0. The Kier molecular flexibility index (Phi) is 5.19. The van der Waals surface area contributed by atoms with E-state index in [-0.39, 0.29) is 12.5 Å². The largest absolute Gasteiger partial charge is 0.376 e. The molecule has 5 heteroatoms. The number of anilines is 1. The molecule has 0 aliphatic carbocycles. The highest BCUT2D eigenvalue weighted by molar-refractivity contribution is 6.30. The fourth-order valence-corrected chi connectivity index (χ4v) is 1.84. The lowest BCUT2D eigenvalue weighted by Crippen LogP contribution is -2.29. The fraction of sp³-hybridized carbons (Fsp3) is 0.125. The molecule has 0 heterocycles. The van der Waals surface area contributed by atoms with Gasteiger partial charge in [-0.2, -0.15) is 5.26 Å². The van der Waals surface area contributed by atoms with Gasteiger partial charge in [-0.25, -0.2) is 0 Å². The average molecular weight is 300 g/mol. The minimum atomic E-state index is -0.102. The number of rotatable bonds is 5. The highest BCUT2D eigenvalue weighted by Crippen LogP contribution is 2.09. The fourth-order valence-electron chi connectivity index (χ4n) is 1.71. The van der Waals surface area contributed by atoms with Gasteiger partial charge in [-0.05, 0) is 42.0 Å². The van der Waals surface area contributed by atoms with Crippen LogP contribution in [0.4, 0.5) is 5.69 Å². The Morgan fingerprint density at radius 2 is 1.76 bits per heavy atom. The molecule has 0 fully saturated rings. The van der Waals surface area contributed by atoms with Crippen molar-refractivity contribution in [2.75, 3.05) is 11.9 Å². The van der Waals surface area contributed by atoms with Crippen molar-refractivity contribution in [3.05, 3.63) is 64.7 Å². The van der Waals surface area contributed by atoms with Crippen LogP contribution < -0.4 is 10.6 Å². The molecule has 4 nitrogen and oxygen atoms in total. The monoisotopic (exact) mass is 299 g/mol. The summed E-state index contributed by atoms with van der Waals surface area (Å²) in [7, 11) is 0. The van der Waals surface area contributed by atoms with Crippen LogP contribution in [0.2, 0.25) is 5.02 Å². The summed E-state index contributed by atoms with van der Waals surface area (Å²) in [5, 5.41) is 15.2. The van der Waals surface area contributed by atoms with E-state index in [9.17, 15) is 4.79 Å². The van der Waals surface area contributed by atoms with Gasteiger partial charge >= 0.3 is 0 Å². The van der Waals surface area contributed by atoms with Gasteiger partial charge < -0.3 is 10.6 Å². The number of benzene rings is 2. The lowest BCUT2D eigenvalue weighted by Gasteiger charge is -2.08. The summed E-state index contributed by atoms with van der Waals surface area (Å²) in [5.74, 6) is -0.102. The molecule has 2 aromatic rings.